The molecule has 5 nitrogen and oxygen atoms in total. The fourth-order valence-corrected chi connectivity index (χ4v) is 2.91. The first-order chi connectivity index (χ1) is 10.0. The highest BCUT2D eigenvalue weighted by atomic mass is 19.4. The van der Waals surface area contributed by atoms with Crippen LogP contribution in [0.15, 0.2) is 12.1 Å². The summed E-state index contributed by atoms with van der Waals surface area (Å²) in [4.78, 5) is 4.43. The molecule has 2 fully saturated rings. The Morgan fingerprint density at radius 1 is 1.10 bits per heavy atom. The molecule has 1 aromatic rings. The lowest BCUT2D eigenvalue weighted by molar-refractivity contribution is -0.141. The van der Waals surface area contributed by atoms with E-state index >= 15 is 0 Å². The number of halogens is 3. The number of hydrogen-bond donors (Lipinski definition) is 1. The van der Waals surface area contributed by atoms with E-state index in [-0.39, 0.29) is 0 Å². The Balaban J connectivity index is 1.59. The summed E-state index contributed by atoms with van der Waals surface area (Å²) in [5.74, 6) is 0.521. The van der Waals surface area contributed by atoms with Gasteiger partial charge >= 0.3 is 6.18 Å². The van der Waals surface area contributed by atoms with Crippen LogP contribution in [0.3, 0.4) is 0 Å². The average molecular weight is 301 g/mol. The molecule has 0 bridgehead atoms. The van der Waals surface area contributed by atoms with Crippen LogP contribution in [0.4, 0.5) is 19.0 Å². The summed E-state index contributed by atoms with van der Waals surface area (Å²) in [6.45, 7) is 5.46. The molecular formula is C13H18F3N5. The van der Waals surface area contributed by atoms with Gasteiger partial charge in [0.05, 0.1) is 0 Å². The molecule has 0 amide bonds. The number of hydrogen-bond acceptors (Lipinski definition) is 5. The van der Waals surface area contributed by atoms with Crippen molar-refractivity contribution >= 4 is 5.82 Å². The van der Waals surface area contributed by atoms with Crippen LogP contribution in [-0.2, 0) is 6.18 Å². The van der Waals surface area contributed by atoms with E-state index in [0.29, 0.717) is 11.9 Å². The number of alkyl halides is 3. The number of nitrogens with one attached hydrogen (secondary N) is 1. The summed E-state index contributed by atoms with van der Waals surface area (Å²) in [6.07, 6.45) is -3.26. The molecule has 0 aromatic carbocycles. The van der Waals surface area contributed by atoms with Gasteiger partial charge < -0.3 is 10.2 Å². The molecule has 3 rings (SSSR count). The van der Waals surface area contributed by atoms with E-state index in [1.54, 1.807) is 0 Å². The maximum atomic E-state index is 12.5. The van der Waals surface area contributed by atoms with Gasteiger partial charge in [-0.15, -0.1) is 10.2 Å². The number of rotatable bonds is 2. The van der Waals surface area contributed by atoms with Crippen molar-refractivity contribution < 1.29 is 13.2 Å². The van der Waals surface area contributed by atoms with E-state index in [0.717, 1.165) is 45.3 Å². The van der Waals surface area contributed by atoms with Crippen LogP contribution in [-0.4, -0.2) is 60.4 Å². The zero-order valence-electron chi connectivity index (χ0n) is 11.6. The van der Waals surface area contributed by atoms with Gasteiger partial charge in [-0.25, -0.2) is 0 Å². The fourth-order valence-electron chi connectivity index (χ4n) is 2.91. The third-order valence-electron chi connectivity index (χ3n) is 4.13. The van der Waals surface area contributed by atoms with Crippen molar-refractivity contribution in [1.82, 2.24) is 20.4 Å². The molecule has 1 atom stereocenters. The minimum absolute atomic E-state index is 0.521. The topological polar surface area (TPSA) is 44.3 Å². The lowest BCUT2D eigenvalue weighted by Crippen LogP contribution is -2.51. The van der Waals surface area contributed by atoms with Crippen molar-refractivity contribution in [2.75, 3.05) is 44.2 Å². The van der Waals surface area contributed by atoms with Crippen LogP contribution >= 0.6 is 0 Å². The van der Waals surface area contributed by atoms with Crippen LogP contribution in [0.2, 0.25) is 0 Å². The van der Waals surface area contributed by atoms with Gasteiger partial charge in [0.2, 0.25) is 0 Å². The maximum Gasteiger partial charge on any atom is 0.435 e. The van der Waals surface area contributed by atoms with Gasteiger partial charge in [0.15, 0.2) is 11.5 Å². The van der Waals surface area contributed by atoms with Crippen LogP contribution in [0, 0.1) is 0 Å². The minimum atomic E-state index is -4.43. The molecule has 0 saturated carbocycles. The second kappa shape index (κ2) is 5.76. The molecule has 2 saturated heterocycles. The van der Waals surface area contributed by atoms with Crippen molar-refractivity contribution in [2.24, 2.45) is 0 Å². The van der Waals surface area contributed by atoms with E-state index < -0.39 is 11.9 Å². The quantitative estimate of drug-likeness (QED) is 0.882. The summed E-state index contributed by atoms with van der Waals surface area (Å²) >= 11 is 0. The monoisotopic (exact) mass is 301 g/mol. The number of anilines is 1. The molecule has 2 aliphatic rings. The molecule has 0 aliphatic carbocycles. The SMILES string of the molecule is FC(F)(F)c1ccc(N2CCN(C3CCNC3)CC2)nn1. The fraction of sp³-hybridized carbons (Fsp3) is 0.692. The summed E-state index contributed by atoms with van der Waals surface area (Å²) in [5, 5.41) is 10.3. The second-order valence-corrected chi connectivity index (χ2v) is 5.44. The average Bonchev–Trinajstić information content (AvgIpc) is 3.01. The molecule has 3 heterocycles. The van der Waals surface area contributed by atoms with Crippen molar-refractivity contribution in [2.45, 2.75) is 18.6 Å². The van der Waals surface area contributed by atoms with Crippen molar-refractivity contribution in [3.05, 3.63) is 17.8 Å². The number of piperazine rings is 1. The lowest BCUT2D eigenvalue weighted by Gasteiger charge is -2.38. The van der Waals surface area contributed by atoms with E-state index in [2.05, 4.69) is 20.4 Å². The third kappa shape index (κ3) is 3.26. The largest absolute Gasteiger partial charge is 0.435 e. The van der Waals surface area contributed by atoms with Gasteiger partial charge in [-0.2, -0.15) is 13.2 Å². The Kier molecular flexibility index (Phi) is 3.99. The van der Waals surface area contributed by atoms with Crippen LogP contribution in [0.25, 0.3) is 0 Å². The van der Waals surface area contributed by atoms with Gasteiger partial charge in [-0.3, -0.25) is 4.90 Å². The summed E-state index contributed by atoms with van der Waals surface area (Å²) in [6, 6.07) is 2.99. The van der Waals surface area contributed by atoms with E-state index in [1.807, 2.05) is 4.90 Å². The second-order valence-electron chi connectivity index (χ2n) is 5.44. The highest BCUT2D eigenvalue weighted by Crippen LogP contribution is 2.27. The lowest BCUT2D eigenvalue weighted by atomic mass is 10.2. The molecule has 0 spiro atoms. The van der Waals surface area contributed by atoms with Gasteiger partial charge in [0.1, 0.15) is 0 Å². The van der Waals surface area contributed by atoms with Gasteiger partial charge in [-0.1, -0.05) is 0 Å². The molecule has 21 heavy (non-hydrogen) atoms. The van der Waals surface area contributed by atoms with Gasteiger partial charge in [-0.05, 0) is 25.1 Å². The minimum Gasteiger partial charge on any atom is -0.353 e. The summed E-state index contributed by atoms with van der Waals surface area (Å²) in [7, 11) is 0. The Hall–Kier alpha value is -1.41. The standard InChI is InChI=1S/C13H18F3N5/c14-13(15,16)11-1-2-12(19-18-11)21-7-5-20(6-8-21)10-3-4-17-9-10/h1-2,10,17H,3-9H2. The maximum absolute atomic E-state index is 12.5. The molecular weight excluding hydrogens is 283 g/mol. The predicted octanol–water partition coefficient (Wildman–Crippen LogP) is 0.979. The molecule has 8 heteroatoms. The van der Waals surface area contributed by atoms with Crippen molar-refractivity contribution in [3.8, 4) is 0 Å². The molecule has 0 radical (unpaired) electrons. The van der Waals surface area contributed by atoms with Crippen LogP contribution < -0.4 is 10.2 Å². The molecule has 116 valence electrons. The Morgan fingerprint density at radius 3 is 2.38 bits per heavy atom. The first-order valence-electron chi connectivity index (χ1n) is 7.15. The predicted molar refractivity (Wildman–Crippen MR) is 72.1 cm³/mol. The molecule has 1 unspecified atom stereocenters. The van der Waals surface area contributed by atoms with E-state index in [1.165, 1.54) is 12.5 Å². The van der Waals surface area contributed by atoms with Gasteiger partial charge in [0.25, 0.3) is 0 Å². The Bertz CT molecular complexity index is 462. The number of nitrogens with zero attached hydrogens (tertiary/aromatic N) is 4. The Morgan fingerprint density at radius 2 is 1.86 bits per heavy atom. The highest BCUT2D eigenvalue weighted by molar-refractivity contribution is 5.38. The van der Waals surface area contributed by atoms with Gasteiger partial charge in [0, 0.05) is 38.8 Å². The summed E-state index contributed by atoms with van der Waals surface area (Å²) < 4.78 is 37.4. The zero-order valence-corrected chi connectivity index (χ0v) is 11.6. The first-order valence-corrected chi connectivity index (χ1v) is 7.15. The Labute approximate surface area is 121 Å². The van der Waals surface area contributed by atoms with E-state index in [4.69, 9.17) is 0 Å². The smallest absolute Gasteiger partial charge is 0.353 e. The van der Waals surface area contributed by atoms with Crippen LogP contribution in [0.1, 0.15) is 12.1 Å². The normalized spacial score (nSPS) is 24.5. The summed E-state index contributed by atoms with van der Waals surface area (Å²) in [5.41, 5.74) is -0.943. The zero-order chi connectivity index (χ0) is 14.9. The first kappa shape index (κ1) is 14.5. The number of aromatic nitrogens is 2. The molecule has 1 aromatic heterocycles. The third-order valence-corrected chi connectivity index (χ3v) is 4.13. The molecule has 2 aliphatic heterocycles. The van der Waals surface area contributed by atoms with Crippen molar-refractivity contribution in [1.29, 1.82) is 0 Å². The van der Waals surface area contributed by atoms with E-state index in [9.17, 15) is 13.2 Å². The molecule has 1 N–H and O–H groups in total. The van der Waals surface area contributed by atoms with Crippen molar-refractivity contribution in [3.63, 3.8) is 0 Å². The van der Waals surface area contributed by atoms with Crippen LogP contribution in [0.5, 0.6) is 0 Å². The highest BCUT2D eigenvalue weighted by Gasteiger charge is 2.33.